The Bertz CT molecular complexity index is 623. The Morgan fingerprint density at radius 3 is 2.07 bits per heavy atom. The van der Waals surface area contributed by atoms with Crippen LogP contribution >= 0.6 is 0 Å². The fourth-order valence-corrected chi connectivity index (χ4v) is 5.68. The molecule has 0 aromatic carbocycles. The van der Waals surface area contributed by atoms with Gasteiger partial charge in [-0.25, -0.2) is 0 Å². The number of aryl methyl sites for hydroxylation is 1. The molecule has 2 heterocycles. The van der Waals surface area contributed by atoms with Crippen LogP contribution in [-0.4, -0.2) is 26.4 Å². The average Bonchev–Trinajstić information content (AvgIpc) is 2.88. The Morgan fingerprint density at radius 1 is 0.966 bits per heavy atom. The molecule has 0 saturated carbocycles. The average molecular weight is 407 g/mol. The van der Waals surface area contributed by atoms with E-state index in [-0.39, 0.29) is 22.8 Å². The second kappa shape index (κ2) is 10.7. The molecule has 1 fully saturated rings. The maximum absolute atomic E-state index is 10.9. The molecule has 3 N–H and O–H groups in total. The fourth-order valence-electron chi connectivity index (χ4n) is 5.68. The third kappa shape index (κ3) is 6.94. The number of piperidine rings is 1. The molecule has 0 spiro atoms. The highest BCUT2D eigenvalue weighted by atomic mass is 16.3. The van der Waals surface area contributed by atoms with Crippen molar-refractivity contribution in [1.82, 2.24) is 9.88 Å². The molecular weight excluding hydrogens is 360 g/mol. The smallest absolute Gasteiger partial charge is 0.197 e. The van der Waals surface area contributed by atoms with Crippen LogP contribution in [0, 0.1) is 0 Å². The summed E-state index contributed by atoms with van der Waals surface area (Å²) in [5.74, 6) is 0.475. The van der Waals surface area contributed by atoms with Gasteiger partial charge >= 0.3 is 0 Å². The summed E-state index contributed by atoms with van der Waals surface area (Å²) >= 11 is 0. The lowest BCUT2D eigenvalue weighted by Crippen LogP contribution is -2.57. The van der Waals surface area contributed by atoms with Crippen molar-refractivity contribution in [1.29, 1.82) is 0 Å². The Hall–Kier alpha value is -1.16. The van der Waals surface area contributed by atoms with Gasteiger partial charge in [-0.2, -0.15) is 0 Å². The molecular formula is C25H46N2O2. The van der Waals surface area contributed by atoms with E-state index < -0.39 is 0 Å². The van der Waals surface area contributed by atoms with E-state index in [2.05, 4.69) is 39.9 Å². The molecule has 0 aliphatic carbocycles. The third-order valence-electron chi connectivity index (χ3n) is 6.58. The molecule has 0 radical (unpaired) electrons. The first-order valence-electron chi connectivity index (χ1n) is 12.1. The number of nitrogens with one attached hydrogen (secondary N) is 1. The molecule has 2 rings (SSSR count). The highest BCUT2D eigenvalue weighted by Gasteiger charge is 2.43. The van der Waals surface area contributed by atoms with E-state index in [9.17, 15) is 10.2 Å². The van der Waals surface area contributed by atoms with E-state index in [4.69, 9.17) is 0 Å². The predicted molar refractivity (Wildman–Crippen MR) is 123 cm³/mol. The normalized spacial score (nSPS) is 24.1. The molecule has 4 heteroatoms. The number of hydrogen-bond acceptors (Lipinski definition) is 3. The lowest BCUT2D eigenvalue weighted by molar-refractivity contribution is 0.0980. The minimum absolute atomic E-state index is 0.0216. The Labute approximate surface area is 179 Å². The van der Waals surface area contributed by atoms with E-state index in [1.807, 2.05) is 0 Å². The van der Waals surface area contributed by atoms with Crippen molar-refractivity contribution >= 4 is 0 Å². The van der Waals surface area contributed by atoms with E-state index in [1.165, 1.54) is 57.8 Å². The van der Waals surface area contributed by atoms with Crippen molar-refractivity contribution in [2.45, 2.75) is 135 Å². The summed E-state index contributed by atoms with van der Waals surface area (Å²) in [7, 11) is 0. The topological polar surface area (TPSA) is 57.4 Å². The van der Waals surface area contributed by atoms with Gasteiger partial charge in [-0.1, -0.05) is 64.7 Å². The van der Waals surface area contributed by atoms with E-state index in [1.54, 1.807) is 10.6 Å². The maximum Gasteiger partial charge on any atom is 0.197 e. The molecule has 4 nitrogen and oxygen atoms in total. The number of unbranched alkanes of at least 4 members (excludes halogenated alkanes) is 9. The Kier molecular flexibility index (Phi) is 8.93. The molecule has 1 aliphatic rings. The van der Waals surface area contributed by atoms with Crippen molar-refractivity contribution < 1.29 is 10.2 Å². The number of rotatable bonds is 12. The lowest BCUT2D eigenvalue weighted by atomic mass is 9.76. The number of hydrogen-bond donors (Lipinski definition) is 3. The van der Waals surface area contributed by atoms with Gasteiger partial charge in [0.2, 0.25) is 0 Å². The predicted octanol–water partition coefficient (Wildman–Crippen LogP) is 6.63. The first kappa shape index (κ1) is 24.1. The van der Waals surface area contributed by atoms with Gasteiger partial charge in [0, 0.05) is 23.2 Å². The summed E-state index contributed by atoms with van der Waals surface area (Å²) in [6, 6.07) is 2.13. The SMILES string of the molecule is CCCCCCCCCCCCc1cc(O)n(C2(C)CC(C)NC(C)(C)C2)c1O. The van der Waals surface area contributed by atoms with Gasteiger partial charge in [0.1, 0.15) is 0 Å². The van der Waals surface area contributed by atoms with Crippen molar-refractivity contribution in [3.05, 3.63) is 11.6 Å². The van der Waals surface area contributed by atoms with Crippen LogP contribution in [0.2, 0.25) is 0 Å². The molecule has 1 aromatic heterocycles. The zero-order chi connectivity index (χ0) is 21.5. The van der Waals surface area contributed by atoms with Gasteiger partial charge in [0.05, 0.1) is 5.54 Å². The molecule has 0 amide bonds. The second-order valence-corrected chi connectivity index (χ2v) is 10.4. The third-order valence-corrected chi connectivity index (χ3v) is 6.58. The minimum Gasteiger partial charge on any atom is -0.494 e. The summed E-state index contributed by atoms with van der Waals surface area (Å²) in [5, 5.41) is 25.2. The van der Waals surface area contributed by atoms with Gasteiger partial charge in [0.25, 0.3) is 0 Å². The van der Waals surface area contributed by atoms with Gasteiger partial charge < -0.3 is 15.5 Å². The Morgan fingerprint density at radius 2 is 1.52 bits per heavy atom. The quantitative estimate of drug-likeness (QED) is 0.341. The van der Waals surface area contributed by atoms with E-state index in [0.717, 1.165) is 31.2 Å². The fraction of sp³-hybridized carbons (Fsp3) is 0.840. The number of nitrogens with zero attached hydrogens (tertiary/aromatic N) is 1. The molecule has 2 atom stereocenters. The summed E-state index contributed by atoms with van der Waals surface area (Å²) in [6.07, 6.45) is 15.7. The van der Waals surface area contributed by atoms with Crippen LogP contribution in [0.5, 0.6) is 11.8 Å². The molecule has 168 valence electrons. The largest absolute Gasteiger partial charge is 0.494 e. The monoisotopic (exact) mass is 406 g/mol. The summed E-state index contributed by atoms with van der Waals surface area (Å²) < 4.78 is 1.79. The van der Waals surface area contributed by atoms with Gasteiger partial charge in [-0.15, -0.1) is 0 Å². The van der Waals surface area contributed by atoms with Crippen LogP contribution in [0.25, 0.3) is 0 Å². The van der Waals surface area contributed by atoms with Crippen molar-refractivity contribution in [3.8, 4) is 11.8 Å². The van der Waals surface area contributed by atoms with Crippen LogP contribution in [0.15, 0.2) is 6.07 Å². The van der Waals surface area contributed by atoms with Gasteiger partial charge in [-0.05, 0) is 53.4 Å². The molecule has 1 aromatic rings. The summed E-state index contributed by atoms with van der Waals surface area (Å²) in [5.41, 5.74) is 0.595. The molecule has 0 bridgehead atoms. The highest BCUT2D eigenvalue weighted by molar-refractivity contribution is 5.37. The van der Waals surface area contributed by atoms with Crippen molar-refractivity contribution in [3.63, 3.8) is 0 Å². The first-order valence-corrected chi connectivity index (χ1v) is 12.1. The second-order valence-electron chi connectivity index (χ2n) is 10.4. The van der Waals surface area contributed by atoms with Crippen LogP contribution < -0.4 is 5.32 Å². The lowest BCUT2D eigenvalue weighted by Gasteiger charge is -2.47. The van der Waals surface area contributed by atoms with Gasteiger partial charge in [0.15, 0.2) is 11.8 Å². The van der Waals surface area contributed by atoms with Crippen LogP contribution in [0.1, 0.15) is 117 Å². The molecule has 29 heavy (non-hydrogen) atoms. The summed E-state index contributed by atoms with van der Waals surface area (Å²) in [6.45, 7) is 11.0. The zero-order valence-electron chi connectivity index (χ0n) is 19.7. The molecule has 1 aliphatic heterocycles. The Balaban J connectivity index is 1.82. The van der Waals surface area contributed by atoms with Crippen molar-refractivity contribution in [2.75, 3.05) is 0 Å². The van der Waals surface area contributed by atoms with Crippen LogP contribution in [0.3, 0.4) is 0 Å². The van der Waals surface area contributed by atoms with Crippen molar-refractivity contribution in [2.24, 2.45) is 0 Å². The molecule has 1 saturated heterocycles. The van der Waals surface area contributed by atoms with Crippen LogP contribution in [-0.2, 0) is 12.0 Å². The van der Waals surface area contributed by atoms with E-state index >= 15 is 0 Å². The zero-order valence-corrected chi connectivity index (χ0v) is 19.7. The number of aromatic nitrogens is 1. The summed E-state index contributed by atoms with van der Waals surface area (Å²) in [4.78, 5) is 0. The minimum atomic E-state index is -0.279. The van der Waals surface area contributed by atoms with Gasteiger partial charge in [-0.3, -0.25) is 4.57 Å². The number of aromatic hydroxyl groups is 2. The maximum atomic E-state index is 10.9. The molecule has 2 unspecified atom stereocenters. The highest BCUT2D eigenvalue weighted by Crippen LogP contribution is 2.44. The van der Waals surface area contributed by atoms with E-state index in [0.29, 0.717) is 6.04 Å². The first-order chi connectivity index (χ1) is 13.7. The van der Waals surface area contributed by atoms with Crippen LogP contribution in [0.4, 0.5) is 0 Å². The standard InChI is InChI=1S/C25H46N2O2/c1-6-7-8-9-10-11-12-13-14-15-16-21-17-22(28)27(23(21)29)25(5)18-20(2)26-24(3,4)19-25/h17,20,26,28-29H,6-16,18-19H2,1-5H3.